The average molecular weight is 458 g/mol. The minimum absolute atomic E-state index is 0.0661. The second-order valence-electron chi connectivity index (χ2n) is 8.06. The van der Waals surface area contributed by atoms with Crippen LogP contribution < -0.4 is 15.4 Å². The second-order valence-corrected chi connectivity index (χ2v) is 9.09. The van der Waals surface area contributed by atoms with Gasteiger partial charge in [-0.2, -0.15) is 0 Å². The van der Waals surface area contributed by atoms with E-state index < -0.39 is 0 Å². The molecule has 8 nitrogen and oxygen atoms in total. The summed E-state index contributed by atoms with van der Waals surface area (Å²) in [6.07, 6.45) is 1.50. The monoisotopic (exact) mass is 457 g/mol. The molecule has 9 heteroatoms. The Morgan fingerprint density at radius 1 is 1.22 bits per heavy atom. The number of anilines is 1. The number of nitrogens with one attached hydrogen (secondary N) is 2. The molecule has 0 spiro atoms. The predicted molar refractivity (Wildman–Crippen MR) is 121 cm³/mol. The number of carbonyl (C=O) groups is 3. The molecule has 1 fully saturated rings. The molecular weight excluding hydrogens is 430 g/mol. The Balaban J connectivity index is 1.48. The Morgan fingerprint density at radius 3 is 2.81 bits per heavy atom. The molecule has 1 saturated heterocycles. The molecule has 3 atom stereocenters. The number of likely N-dealkylation sites (N-methyl/N-ethyl adjacent to an activating group) is 1. The molecule has 0 aliphatic carbocycles. The largest absolute Gasteiger partial charge is 0.490 e. The number of hydrogen-bond acceptors (Lipinski definition) is 6. The van der Waals surface area contributed by atoms with Crippen LogP contribution in [0.3, 0.4) is 0 Å². The molecule has 1 aromatic heterocycles. The van der Waals surface area contributed by atoms with E-state index in [2.05, 4.69) is 10.6 Å². The second kappa shape index (κ2) is 9.70. The van der Waals surface area contributed by atoms with Crippen molar-refractivity contribution in [3.63, 3.8) is 0 Å². The fourth-order valence-corrected chi connectivity index (χ4v) is 4.89. The van der Waals surface area contributed by atoms with Crippen molar-refractivity contribution in [2.45, 2.75) is 43.9 Å². The summed E-state index contributed by atoms with van der Waals surface area (Å²) in [6.45, 7) is 0.281. The first-order valence-electron chi connectivity index (χ1n) is 10.7. The maximum Gasteiger partial charge on any atom is 0.257 e. The van der Waals surface area contributed by atoms with Gasteiger partial charge in [-0.05, 0) is 42.5 Å². The van der Waals surface area contributed by atoms with E-state index in [0.717, 1.165) is 11.3 Å². The first-order valence-corrected chi connectivity index (χ1v) is 11.5. The molecule has 4 rings (SSSR count). The molecule has 3 heterocycles. The molecule has 2 N–H and O–H groups in total. The number of fused-ring (bicyclic) bond motifs is 2. The topological polar surface area (TPSA) is 97.0 Å². The van der Waals surface area contributed by atoms with Crippen LogP contribution in [0.25, 0.3) is 0 Å². The first kappa shape index (κ1) is 22.3. The maximum absolute atomic E-state index is 13.3. The minimum atomic E-state index is -0.314. The third-order valence-electron chi connectivity index (χ3n) is 5.90. The van der Waals surface area contributed by atoms with E-state index in [1.807, 2.05) is 17.5 Å². The third-order valence-corrected chi connectivity index (χ3v) is 6.78. The van der Waals surface area contributed by atoms with Crippen molar-refractivity contribution in [2.75, 3.05) is 26.0 Å². The molecule has 0 saturated carbocycles. The molecule has 2 aromatic rings. The Hall–Kier alpha value is -2.91. The molecule has 1 aromatic carbocycles. The summed E-state index contributed by atoms with van der Waals surface area (Å²) >= 11 is 1.53. The number of thiophene rings is 1. The van der Waals surface area contributed by atoms with Gasteiger partial charge < -0.3 is 25.0 Å². The highest BCUT2D eigenvalue weighted by Crippen LogP contribution is 2.32. The van der Waals surface area contributed by atoms with E-state index >= 15 is 0 Å². The fourth-order valence-electron chi connectivity index (χ4n) is 4.19. The van der Waals surface area contributed by atoms with E-state index in [1.54, 1.807) is 37.2 Å². The van der Waals surface area contributed by atoms with Gasteiger partial charge in [-0.3, -0.25) is 14.4 Å². The average Bonchev–Trinajstić information content (AvgIpc) is 3.29. The van der Waals surface area contributed by atoms with Gasteiger partial charge in [0.2, 0.25) is 11.8 Å². The quantitative estimate of drug-likeness (QED) is 0.719. The Kier molecular flexibility index (Phi) is 6.76. The van der Waals surface area contributed by atoms with Crippen LogP contribution in [-0.2, 0) is 20.7 Å². The first-order chi connectivity index (χ1) is 15.4. The lowest BCUT2D eigenvalue weighted by Gasteiger charge is -2.42. The van der Waals surface area contributed by atoms with Crippen LogP contribution in [0.15, 0.2) is 35.7 Å². The van der Waals surface area contributed by atoms with Crippen molar-refractivity contribution in [1.29, 1.82) is 0 Å². The molecule has 0 radical (unpaired) electrons. The summed E-state index contributed by atoms with van der Waals surface area (Å²) < 4.78 is 12.1. The molecular formula is C23H27N3O5S. The van der Waals surface area contributed by atoms with Gasteiger partial charge >= 0.3 is 0 Å². The highest BCUT2D eigenvalue weighted by Gasteiger charge is 2.39. The number of nitrogens with zero attached hydrogens (tertiary/aromatic N) is 1. The van der Waals surface area contributed by atoms with Crippen LogP contribution in [0.5, 0.6) is 5.75 Å². The van der Waals surface area contributed by atoms with E-state index in [1.165, 1.54) is 11.3 Å². The maximum atomic E-state index is 13.3. The van der Waals surface area contributed by atoms with Gasteiger partial charge in [0.25, 0.3) is 5.91 Å². The lowest BCUT2D eigenvalue weighted by molar-refractivity contribution is -0.133. The summed E-state index contributed by atoms with van der Waals surface area (Å²) in [7, 11) is 3.37. The minimum Gasteiger partial charge on any atom is -0.490 e. The van der Waals surface area contributed by atoms with E-state index in [0.29, 0.717) is 29.8 Å². The number of hydrogen-bond donors (Lipinski definition) is 2. The summed E-state index contributed by atoms with van der Waals surface area (Å²) in [4.78, 5) is 40.0. The van der Waals surface area contributed by atoms with Crippen molar-refractivity contribution in [3.05, 3.63) is 46.2 Å². The van der Waals surface area contributed by atoms with Crippen molar-refractivity contribution >= 4 is 34.7 Å². The van der Waals surface area contributed by atoms with Crippen LogP contribution in [0.4, 0.5) is 5.69 Å². The van der Waals surface area contributed by atoms with Crippen LogP contribution in [0.2, 0.25) is 0 Å². The molecule has 2 aliphatic rings. The van der Waals surface area contributed by atoms with Crippen LogP contribution in [-0.4, -0.2) is 61.6 Å². The lowest BCUT2D eigenvalue weighted by Crippen LogP contribution is -2.53. The molecule has 32 heavy (non-hydrogen) atoms. The SMILES string of the molecule is CNC(=O)C[C@H]1CC[C@@H]2[C@H](COc3ccc(NC(=O)Cc4cccs4)cc3C(=O)N2C)O1. The van der Waals surface area contributed by atoms with Crippen molar-refractivity contribution in [1.82, 2.24) is 10.2 Å². The highest BCUT2D eigenvalue weighted by atomic mass is 32.1. The van der Waals surface area contributed by atoms with Crippen LogP contribution in [0.1, 0.15) is 34.5 Å². The zero-order valence-electron chi connectivity index (χ0n) is 18.1. The normalized spacial score (nSPS) is 22.6. The van der Waals surface area contributed by atoms with E-state index in [4.69, 9.17) is 9.47 Å². The summed E-state index contributed by atoms with van der Waals surface area (Å²) in [5.74, 6) is 0.0671. The number of amides is 3. The molecule has 0 unspecified atom stereocenters. The predicted octanol–water partition coefficient (Wildman–Crippen LogP) is 2.45. The fraction of sp³-hybridized carbons (Fsp3) is 0.435. The lowest BCUT2D eigenvalue weighted by atomic mass is 9.94. The zero-order chi connectivity index (χ0) is 22.7. The van der Waals surface area contributed by atoms with Crippen molar-refractivity contribution in [2.24, 2.45) is 0 Å². The molecule has 3 amide bonds. The Bertz CT molecular complexity index is 994. The molecule has 0 bridgehead atoms. The van der Waals surface area contributed by atoms with Gasteiger partial charge in [0, 0.05) is 24.7 Å². The van der Waals surface area contributed by atoms with E-state index in [9.17, 15) is 14.4 Å². The molecule has 170 valence electrons. The van der Waals surface area contributed by atoms with E-state index in [-0.39, 0.29) is 49.0 Å². The van der Waals surface area contributed by atoms with Gasteiger partial charge in [-0.15, -0.1) is 11.3 Å². The van der Waals surface area contributed by atoms with Crippen molar-refractivity contribution < 1.29 is 23.9 Å². The number of benzene rings is 1. The highest BCUT2D eigenvalue weighted by molar-refractivity contribution is 7.10. The summed E-state index contributed by atoms with van der Waals surface area (Å²) in [6, 6.07) is 8.78. The van der Waals surface area contributed by atoms with Crippen LogP contribution in [0, 0.1) is 0 Å². The Morgan fingerprint density at radius 2 is 2.06 bits per heavy atom. The van der Waals surface area contributed by atoms with Gasteiger partial charge in [-0.1, -0.05) is 6.07 Å². The number of ether oxygens (including phenoxy) is 2. The van der Waals surface area contributed by atoms with Gasteiger partial charge in [-0.25, -0.2) is 0 Å². The summed E-state index contributed by atoms with van der Waals surface area (Å²) in [5, 5.41) is 7.42. The van der Waals surface area contributed by atoms with Gasteiger partial charge in [0.15, 0.2) is 0 Å². The van der Waals surface area contributed by atoms with Crippen LogP contribution >= 0.6 is 11.3 Å². The summed E-state index contributed by atoms with van der Waals surface area (Å²) in [5.41, 5.74) is 0.964. The number of carbonyl (C=O) groups excluding carboxylic acids is 3. The number of rotatable bonds is 5. The standard InChI is InChI=1S/C23H27N3O5S/c1-24-21(27)11-15-6-7-18-20(31-15)13-30-19-8-5-14(10-17(19)23(29)26(18)2)25-22(28)12-16-4-3-9-32-16/h3-5,8-10,15,18,20H,6-7,11-13H2,1-2H3,(H,24,27)(H,25,28)/t15-,18-,20+/m1/s1. The zero-order valence-corrected chi connectivity index (χ0v) is 18.9. The third kappa shape index (κ3) is 4.94. The smallest absolute Gasteiger partial charge is 0.257 e. The van der Waals surface area contributed by atoms with Gasteiger partial charge in [0.1, 0.15) is 18.5 Å². The van der Waals surface area contributed by atoms with Crippen molar-refractivity contribution in [3.8, 4) is 5.75 Å². The Labute approximate surface area is 190 Å². The molecule has 2 aliphatic heterocycles. The van der Waals surface area contributed by atoms with Gasteiger partial charge in [0.05, 0.1) is 30.6 Å².